The SMILES string of the molecule is CCN(CCO)CCCCOCC1CCC(CN(C)C(=O)O)CC1. The van der Waals surface area contributed by atoms with Crippen molar-refractivity contribution in [3.8, 4) is 0 Å². The highest BCUT2D eigenvalue weighted by molar-refractivity contribution is 5.64. The summed E-state index contributed by atoms with van der Waals surface area (Å²) in [4.78, 5) is 14.5. The second kappa shape index (κ2) is 12.5. The van der Waals surface area contributed by atoms with Gasteiger partial charge in [0.15, 0.2) is 0 Å². The highest BCUT2D eigenvalue weighted by Crippen LogP contribution is 2.29. The minimum Gasteiger partial charge on any atom is -0.465 e. The molecule has 0 spiro atoms. The van der Waals surface area contributed by atoms with Crippen LogP contribution in [0, 0.1) is 11.8 Å². The van der Waals surface area contributed by atoms with E-state index < -0.39 is 6.09 Å². The maximum absolute atomic E-state index is 10.9. The van der Waals surface area contributed by atoms with E-state index in [0.29, 0.717) is 18.4 Å². The van der Waals surface area contributed by atoms with Gasteiger partial charge in [0, 0.05) is 33.4 Å². The van der Waals surface area contributed by atoms with Crippen LogP contribution in [0.15, 0.2) is 0 Å². The first-order valence-electron chi connectivity index (χ1n) is 9.41. The van der Waals surface area contributed by atoms with Crippen molar-refractivity contribution in [2.45, 2.75) is 45.4 Å². The third kappa shape index (κ3) is 8.85. The molecular formula is C18H36N2O4. The van der Waals surface area contributed by atoms with Gasteiger partial charge in [0.25, 0.3) is 0 Å². The molecule has 0 unspecified atom stereocenters. The Hall–Kier alpha value is -0.850. The number of carboxylic acid groups (broad SMARTS) is 1. The van der Waals surface area contributed by atoms with Crippen LogP contribution in [0.5, 0.6) is 0 Å². The van der Waals surface area contributed by atoms with E-state index in [0.717, 1.165) is 71.4 Å². The summed E-state index contributed by atoms with van der Waals surface area (Å²) in [6.07, 6.45) is 5.87. The molecule has 6 nitrogen and oxygen atoms in total. The van der Waals surface area contributed by atoms with Gasteiger partial charge in [-0.3, -0.25) is 0 Å². The van der Waals surface area contributed by atoms with E-state index in [4.69, 9.17) is 14.9 Å². The molecule has 24 heavy (non-hydrogen) atoms. The fourth-order valence-electron chi connectivity index (χ4n) is 3.41. The Bertz CT molecular complexity index is 333. The lowest BCUT2D eigenvalue weighted by atomic mass is 9.82. The Morgan fingerprint density at radius 3 is 2.38 bits per heavy atom. The normalized spacial score (nSPS) is 21.2. The van der Waals surface area contributed by atoms with Crippen LogP contribution in [-0.2, 0) is 4.74 Å². The largest absolute Gasteiger partial charge is 0.465 e. The predicted molar refractivity (Wildman–Crippen MR) is 95.4 cm³/mol. The zero-order valence-corrected chi connectivity index (χ0v) is 15.5. The molecule has 0 aromatic carbocycles. The number of amides is 1. The maximum Gasteiger partial charge on any atom is 0.407 e. The Kier molecular flexibility index (Phi) is 11.0. The van der Waals surface area contributed by atoms with Crippen LogP contribution in [0.4, 0.5) is 4.79 Å². The van der Waals surface area contributed by atoms with Crippen LogP contribution >= 0.6 is 0 Å². The number of ether oxygens (including phenoxy) is 1. The first-order chi connectivity index (χ1) is 11.6. The zero-order valence-electron chi connectivity index (χ0n) is 15.5. The van der Waals surface area contributed by atoms with Crippen molar-refractivity contribution < 1.29 is 19.7 Å². The minimum atomic E-state index is -0.832. The molecule has 6 heteroatoms. The smallest absolute Gasteiger partial charge is 0.407 e. The number of hydrogen-bond donors (Lipinski definition) is 2. The summed E-state index contributed by atoms with van der Waals surface area (Å²) in [6.45, 7) is 7.45. The van der Waals surface area contributed by atoms with Gasteiger partial charge in [0.05, 0.1) is 6.61 Å². The molecule has 0 heterocycles. The summed E-state index contributed by atoms with van der Waals surface area (Å²) in [5.41, 5.74) is 0. The first-order valence-corrected chi connectivity index (χ1v) is 9.41. The monoisotopic (exact) mass is 344 g/mol. The van der Waals surface area contributed by atoms with Crippen LogP contribution < -0.4 is 0 Å². The van der Waals surface area contributed by atoms with E-state index >= 15 is 0 Å². The first kappa shape index (κ1) is 21.2. The number of rotatable bonds is 12. The summed E-state index contributed by atoms with van der Waals surface area (Å²) in [5, 5.41) is 17.9. The Morgan fingerprint density at radius 2 is 1.79 bits per heavy atom. The topological polar surface area (TPSA) is 73.2 Å². The number of likely N-dealkylation sites (N-methyl/N-ethyl adjacent to an activating group) is 1. The van der Waals surface area contributed by atoms with Gasteiger partial charge in [-0.25, -0.2) is 4.79 Å². The molecule has 0 saturated heterocycles. The van der Waals surface area contributed by atoms with E-state index in [2.05, 4.69) is 11.8 Å². The fourth-order valence-corrected chi connectivity index (χ4v) is 3.41. The summed E-state index contributed by atoms with van der Waals surface area (Å²) < 4.78 is 5.83. The molecule has 1 rings (SSSR count). The van der Waals surface area contributed by atoms with E-state index in [1.54, 1.807) is 7.05 Å². The van der Waals surface area contributed by atoms with Crippen LogP contribution in [0.1, 0.15) is 45.4 Å². The molecule has 0 radical (unpaired) electrons. The average molecular weight is 344 g/mol. The Labute approximate surface area is 146 Å². The average Bonchev–Trinajstić information content (AvgIpc) is 2.58. The number of carbonyl (C=O) groups is 1. The van der Waals surface area contributed by atoms with Gasteiger partial charge in [-0.05, 0) is 63.5 Å². The molecule has 0 aliphatic heterocycles. The molecule has 1 saturated carbocycles. The van der Waals surface area contributed by atoms with Gasteiger partial charge in [-0.2, -0.15) is 0 Å². The zero-order chi connectivity index (χ0) is 17.8. The van der Waals surface area contributed by atoms with Crippen molar-refractivity contribution >= 4 is 6.09 Å². The van der Waals surface area contributed by atoms with Gasteiger partial charge < -0.3 is 24.7 Å². The van der Waals surface area contributed by atoms with Crippen molar-refractivity contribution in [2.75, 3.05) is 53.0 Å². The number of hydrogen-bond acceptors (Lipinski definition) is 4. The van der Waals surface area contributed by atoms with Crippen LogP contribution in [0.25, 0.3) is 0 Å². The molecule has 0 bridgehead atoms. The van der Waals surface area contributed by atoms with Gasteiger partial charge in [0.2, 0.25) is 0 Å². The molecule has 0 atom stereocenters. The Morgan fingerprint density at radius 1 is 1.12 bits per heavy atom. The van der Waals surface area contributed by atoms with E-state index in [-0.39, 0.29) is 6.61 Å². The van der Waals surface area contributed by atoms with Crippen LogP contribution in [0.3, 0.4) is 0 Å². The standard InChI is InChI=1S/C18H36N2O4/c1-3-20(11-12-21)10-4-5-13-24-15-17-8-6-16(7-9-17)14-19(2)18(22)23/h16-17,21H,3-15H2,1-2H3,(H,22,23). The van der Waals surface area contributed by atoms with Crippen LogP contribution in [0.2, 0.25) is 0 Å². The van der Waals surface area contributed by atoms with Crippen molar-refractivity contribution in [3.05, 3.63) is 0 Å². The minimum absolute atomic E-state index is 0.231. The number of nitrogens with zero attached hydrogens (tertiary/aromatic N) is 2. The van der Waals surface area contributed by atoms with Crippen molar-refractivity contribution in [2.24, 2.45) is 11.8 Å². The molecule has 1 amide bonds. The van der Waals surface area contributed by atoms with Crippen molar-refractivity contribution in [3.63, 3.8) is 0 Å². The molecule has 2 N–H and O–H groups in total. The van der Waals surface area contributed by atoms with E-state index in [9.17, 15) is 4.79 Å². The molecule has 1 aliphatic carbocycles. The summed E-state index contributed by atoms with van der Waals surface area (Å²) in [7, 11) is 1.65. The molecule has 0 aromatic rings. The second-order valence-electron chi connectivity index (χ2n) is 6.99. The third-order valence-electron chi connectivity index (χ3n) is 5.05. The summed E-state index contributed by atoms with van der Waals surface area (Å²) >= 11 is 0. The molecule has 1 aliphatic rings. The maximum atomic E-state index is 10.9. The van der Waals surface area contributed by atoms with E-state index in [1.807, 2.05) is 0 Å². The van der Waals surface area contributed by atoms with Crippen molar-refractivity contribution in [1.82, 2.24) is 9.80 Å². The second-order valence-corrected chi connectivity index (χ2v) is 6.99. The number of aliphatic hydroxyl groups is 1. The van der Waals surface area contributed by atoms with Gasteiger partial charge >= 0.3 is 6.09 Å². The molecule has 0 aromatic heterocycles. The lowest BCUT2D eigenvalue weighted by Crippen LogP contribution is -2.32. The lowest BCUT2D eigenvalue weighted by Gasteiger charge is -2.30. The quantitative estimate of drug-likeness (QED) is 0.532. The highest BCUT2D eigenvalue weighted by Gasteiger charge is 2.23. The third-order valence-corrected chi connectivity index (χ3v) is 5.05. The van der Waals surface area contributed by atoms with Crippen molar-refractivity contribution in [1.29, 1.82) is 0 Å². The molecular weight excluding hydrogens is 308 g/mol. The predicted octanol–water partition coefficient (Wildman–Crippen LogP) is 2.51. The number of aliphatic hydroxyl groups excluding tert-OH is 1. The van der Waals surface area contributed by atoms with Crippen LogP contribution in [-0.4, -0.2) is 79.2 Å². The number of unbranched alkanes of at least 4 members (excludes halogenated alkanes) is 1. The summed E-state index contributed by atoms with van der Waals surface area (Å²) in [6, 6.07) is 0. The molecule has 1 fully saturated rings. The van der Waals surface area contributed by atoms with E-state index in [1.165, 1.54) is 4.90 Å². The van der Waals surface area contributed by atoms with Gasteiger partial charge in [0.1, 0.15) is 0 Å². The highest BCUT2D eigenvalue weighted by atomic mass is 16.5. The lowest BCUT2D eigenvalue weighted by molar-refractivity contribution is 0.0698. The fraction of sp³-hybridized carbons (Fsp3) is 0.944. The van der Waals surface area contributed by atoms with Gasteiger partial charge in [-0.1, -0.05) is 6.92 Å². The molecule has 142 valence electrons. The summed E-state index contributed by atoms with van der Waals surface area (Å²) in [5.74, 6) is 1.15. The van der Waals surface area contributed by atoms with Gasteiger partial charge in [-0.15, -0.1) is 0 Å². The Balaban J connectivity index is 2.01.